The lowest BCUT2D eigenvalue weighted by atomic mass is 9.99. The Kier molecular flexibility index (Phi) is 7.60. The van der Waals surface area contributed by atoms with Gasteiger partial charge < -0.3 is 19.7 Å². The highest BCUT2D eigenvalue weighted by Crippen LogP contribution is 2.35. The highest BCUT2D eigenvalue weighted by atomic mass is 35.5. The molecule has 4 heterocycles. The van der Waals surface area contributed by atoms with Gasteiger partial charge in [0.15, 0.2) is 0 Å². The van der Waals surface area contributed by atoms with Crippen molar-refractivity contribution in [1.82, 2.24) is 34.7 Å². The van der Waals surface area contributed by atoms with Gasteiger partial charge in [-0.2, -0.15) is 13.2 Å². The van der Waals surface area contributed by atoms with Crippen molar-refractivity contribution in [3.63, 3.8) is 0 Å². The van der Waals surface area contributed by atoms with Crippen LogP contribution in [-0.4, -0.2) is 80.3 Å². The Morgan fingerprint density at radius 2 is 1.93 bits per heavy atom. The molecule has 11 nitrogen and oxygen atoms in total. The van der Waals surface area contributed by atoms with E-state index in [1.165, 1.54) is 38.4 Å². The van der Waals surface area contributed by atoms with Crippen molar-refractivity contribution < 1.29 is 27.6 Å². The Balaban J connectivity index is 1.47. The molecule has 3 aromatic rings. The summed E-state index contributed by atoms with van der Waals surface area (Å²) in [4.78, 5) is 54.8. The first-order chi connectivity index (χ1) is 19.4. The fraction of sp³-hybridized carbons (Fsp3) is 0.385. The molecule has 0 spiro atoms. The fourth-order valence-corrected chi connectivity index (χ4v) is 5.28. The standard InChI is InChI=1S/C26H25ClF3N7O4/c1-34-8-6-31-22(38)9-15-11-36(25(41)19-10-16(26(28,29)30)4-5-20(19)27)14-21(15)37-13-17(32-33-37)12-35-7-2-3-18(23(34)39)24(35)40/h2-5,7,10,13,15,21H,6,8-9,11-12,14H2,1H3,(H,31,38)/t15-,21+/m0/s1. The molecule has 15 heteroatoms. The maximum Gasteiger partial charge on any atom is 0.416 e. The number of alkyl halides is 3. The number of nitrogens with one attached hydrogen (secondary N) is 1. The van der Waals surface area contributed by atoms with E-state index in [1.54, 1.807) is 12.3 Å². The molecular weight excluding hydrogens is 567 g/mol. The number of hydrogen-bond acceptors (Lipinski definition) is 6. The Morgan fingerprint density at radius 1 is 1.15 bits per heavy atom. The van der Waals surface area contributed by atoms with Gasteiger partial charge in [-0.05, 0) is 30.3 Å². The minimum Gasteiger partial charge on any atom is -0.354 e. The molecule has 41 heavy (non-hydrogen) atoms. The van der Waals surface area contributed by atoms with Crippen LogP contribution in [0.5, 0.6) is 0 Å². The fourth-order valence-electron chi connectivity index (χ4n) is 5.08. The van der Waals surface area contributed by atoms with Crippen LogP contribution in [-0.2, 0) is 17.5 Å². The summed E-state index contributed by atoms with van der Waals surface area (Å²) in [5.41, 5.74) is -1.44. The van der Waals surface area contributed by atoms with Crippen molar-refractivity contribution in [1.29, 1.82) is 0 Å². The summed E-state index contributed by atoms with van der Waals surface area (Å²) in [6.45, 7) is 0.379. The molecule has 0 radical (unpaired) electrons. The molecule has 2 atom stereocenters. The average molecular weight is 592 g/mol. The van der Waals surface area contributed by atoms with Gasteiger partial charge in [0.25, 0.3) is 17.4 Å². The molecule has 1 fully saturated rings. The first-order valence-corrected chi connectivity index (χ1v) is 13.1. The first kappa shape index (κ1) is 28.3. The summed E-state index contributed by atoms with van der Waals surface area (Å²) < 4.78 is 42.8. The molecule has 3 amide bonds. The van der Waals surface area contributed by atoms with Gasteiger partial charge in [0.2, 0.25) is 5.91 Å². The first-order valence-electron chi connectivity index (χ1n) is 12.7. The van der Waals surface area contributed by atoms with Crippen molar-refractivity contribution >= 4 is 29.3 Å². The zero-order chi connectivity index (χ0) is 29.5. The van der Waals surface area contributed by atoms with Gasteiger partial charge in [0.05, 0.1) is 34.9 Å². The molecule has 2 aromatic heterocycles. The number of likely N-dealkylation sites (tertiary alicyclic amines) is 1. The van der Waals surface area contributed by atoms with E-state index in [1.807, 2.05) is 0 Å². The lowest BCUT2D eigenvalue weighted by molar-refractivity contribution is -0.137. The molecule has 2 aliphatic rings. The summed E-state index contributed by atoms with van der Waals surface area (Å²) in [6.07, 6.45) is -1.57. The van der Waals surface area contributed by atoms with E-state index in [9.17, 15) is 32.3 Å². The average Bonchev–Trinajstić information content (AvgIpc) is 3.55. The zero-order valence-electron chi connectivity index (χ0n) is 21.8. The van der Waals surface area contributed by atoms with E-state index < -0.39 is 41.1 Å². The molecule has 216 valence electrons. The normalized spacial score (nSPS) is 20.1. The quantitative estimate of drug-likeness (QED) is 0.462. The van der Waals surface area contributed by atoms with Crippen molar-refractivity contribution in [3.8, 4) is 0 Å². The maximum atomic E-state index is 13.4. The smallest absolute Gasteiger partial charge is 0.354 e. The molecule has 0 unspecified atom stereocenters. The van der Waals surface area contributed by atoms with Crippen LogP contribution in [0.4, 0.5) is 13.2 Å². The van der Waals surface area contributed by atoms with Crippen LogP contribution in [0.3, 0.4) is 0 Å². The Bertz CT molecular complexity index is 1570. The van der Waals surface area contributed by atoms with Gasteiger partial charge in [-0.3, -0.25) is 19.2 Å². The number of likely N-dealkylation sites (N-methyl/N-ethyl adjacent to an activating group) is 1. The van der Waals surface area contributed by atoms with Crippen molar-refractivity contribution in [2.45, 2.75) is 25.2 Å². The van der Waals surface area contributed by atoms with Crippen molar-refractivity contribution in [3.05, 3.63) is 80.5 Å². The molecule has 5 rings (SSSR count). The van der Waals surface area contributed by atoms with E-state index in [2.05, 4.69) is 15.6 Å². The SMILES string of the molecule is CN1CCNC(=O)C[C@H]2CN(C(=O)c3cc(C(F)(F)F)ccc3Cl)C[C@H]2n2cc(nn2)Cn2cccc(c2=O)C1=O. The number of benzene rings is 1. The van der Waals surface area contributed by atoms with E-state index in [-0.39, 0.29) is 61.2 Å². The maximum absolute atomic E-state index is 13.4. The lowest BCUT2D eigenvalue weighted by Gasteiger charge is -2.20. The second-order valence-electron chi connectivity index (χ2n) is 10.1. The van der Waals surface area contributed by atoms with Gasteiger partial charge in [0.1, 0.15) is 11.3 Å². The Morgan fingerprint density at radius 3 is 2.68 bits per heavy atom. The van der Waals surface area contributed by atoms with E-state index >= 15 is 0 Å². The lowest BCUT2D eigenvalue weighted by Crippen LogP contribution is -2.39. The minimum atomic E-state index is -4.66. The zero-order valence-corrected chi connectivity index (χ0v) is 22.5. The van der Waals surface area contributed by atoms with Crippen LogP contribution in [0.1, 0.15) is 44.4 Å². The van der Waals surface area contributed by atoms with E-state index in [4.69, 9.17) is 11.6 Å². The van der Waals surface area contributed by atoms with Gasteiger partial charge in [-0.1, -0.05) is 16.8 Å². The molecule has 2 aliphatic heterocycles. The van der Waals surface area contributed by atoms with Crippen LogP contribution in [0.15, 0.2) is 47.5 Å². The van der Waals surface area contributed by atoms with Crippen LogP contribution in [0.25, 0.3) is 0 Å². The number of rotatable bonds is 1. The summed E-state index contributed by atoms with van der Waals surface area (Å²) >= 11 is 6.12. The summed E-state index contributed by atoms with van der Waals surface area (Å²) in [5, 5.41) is 10.9. The summed E-state index contributed by atoms with van der Waals surface area (Å²) in [5.74, 6) is -2.01. The van der Waals surface area contributed by atoms with Crippen molar-refractivity contribution in [2.24, 2.45) is 5.92 Å². The highest BCUT2D eigenvalue weighted by Gasteiger charge is 2.40. The number of pyridine rings is 1. The van der Waals surface area contributed by atoms with E-state index in [0.717, 1.165) is 18.2 Å². The number of aromatic nitrogens is 4. The van der Waals surface area contributed by atoms with Gasteiger partial charge in [0, 0.05) is 51.8 Å². The van der Waals surface area contributed by atoms with Crippen LogP contribution >= 0.6 is 11.6 Å². The number of hydrogen-bond donors (Lipinski definition) is 1. The second kappa shape index (κ2) is 11.0. The van der Waals surface area contributed by atoms with Gasteiger partial charge in [-0.15, -0.1) is 5.10 Å². The number of carbonyl (C=O) groups excluding carboxylic acids is 3. The summed E-state index contributed by atoms with van der Waals surface area (Å²) in [7, 11) is 1.52. The van der Waals surface area contributed by atoms with Crippen LogP contribution < -0.4 is 10.9 Å². The van der Waals surface area contributed by atoms with Crippen molar-refractivity contribution in [2.75, 3.05) is 33.2 Å². The Labute approximate surface area is 236 Å². The monoisotopic (exact) mass is 591 g/mol. The molecule has 0 saturated carbocycles. The predicted octanol–water partition coefficient (Wildman–Crippen LogP) is 2.07. The minimum absolute atomic E-state index is 0.0177. The molecule has 1 saturated heterocycles. The largest absolute Gasteiger partial charge is 0.416 e. The number of amides is 3. The topological polar surface area (TPSA) is 122 Å². The third kappa shape index (κ3) is 5.82. The van der Waals surface area contributed by atoms with Gasteiger partial charge >= 0.3 is 6.18 Å². The number of fused-ring (bicyclic) bond motifs is 6. The molecule has 1 N–H and O–H groups in total. The third-order valence-electron chi connectivity index (χ3n) is 7.26. The third-order valence-corrected chi connectivity index (χ3v) is 7.59. The van der Waals surface area contributed by atoms with E-state index in [0.29, 0.717) is 5.69 Å². The van der Waals surface area contributed by atoms with Crippen LogP contribution in [0.2, 0.25) is 5.02 Å². The molecule has 1 aromatic carbocycles. The number of carbonyl (C=O) groups is 3. The van der Waals surface area contributed by atoms with Crippen LogP contribution in [0, 0.1) is 5.92 Å². The Hall–Kier alpha value is -4.20. The predicted molar refractivity (Wildman–Crippen MR) is 139 cm³/mol. The molecule has 0 aliphatic carbocycles. The number of nitrogens with zero attached hydrogens (tertiary/aromatic N) is 6. The second-order valence-corrected chi connectivity index (χ2v) is 10.5. The number of halogens is 4. The summed E-state index contributed by atoms with van der Waals surface area (Å²) in [6, 6.07) is 5.04. The highest BCUT2D eigenvalue weighted by molar-refractivity contribution is 6.33. The van der Waals surface area contributed by atoms with Gasteiger partial charge in [-0.25, -0.2) is 4.68 Å². The molecular formula is C26H25ClF3N7O4. The molecule has 4 bridgehead atoms.